The number of para-hydroxylation sites is 1. The predicted octanol–water partition coefficient (Wildman–Crippen LogP) is 4.79. The smallest absolute Gasteiger partial charge is 0.337 e. The highest BCUT2D eigenvalue weighted by molar-refractivity contribution is 8.26. The summed E-state index contributed by atoms with van der Waals surface area (Å²) in [7, 11) is 0. The molecule has 2 amide bonds. The Kier molecular flexibility index (Phi) is 7.97. The molecule has 1 fully saturated rings. The van der Waals surface area contributed by atoms with Crippen LogP contribution in [-0.2, 0) is 9.59 Å². The number of hydrogen-bond acceptors (Lipinski definition) is 5. The number of hydrogen-bond donors (Lipinski definition) is 2. The van der Waals surface area contributed by atoms with Gasteiger partial charge in [0.15, 0.2) is 0 Å². The molecule has 160 valence electrons. The minimum absolute atomic E-state index is 0.0637. The normalized spacial score (nSPS) is 14.8. The number of amides is 2. The van der Waals surface area contributed by atoms with Crippen LogP contribution in [-0.4, -0.2) is 38.7 Å². The first-order valence-electron chi connectivity index (χ1n) is 9.88. The Balaban J connectivity index is 1.42. The van der Waals surface area contributed by atoms with Gasteiger partial charge in [-0.2, -0.15) is 0 Å². The number of unbranched alkanes of at least 4 members (excludes halogenated alkanes) is 2. The largest absolute Gasteiger partial charge is 0.478 e. The number of benzene rings is 2. The molecule has 2 aromatic carbocycles. The number of thiocarbonyl (C=S) groups is 1. The minimum atomic E-state index is -1.08. The van der Waals surface area contributed by atoms with Gasteiger partial charge in [-0.1, -0.05) is 72.9 Å². The molecular formula is C23H22N2O4S2. The van der Waals surface area contributed by atoms with Crippen LogP contribution in [0.5, 0.6) is 0 Å². The number of thioether (sulfide) groups is 1. The number of anilines is 1. The van der Waals surface area contributed by atoms with Gasteiger partial charge in [-0.05, 0) is 36.6 Å². The average molecular weight is 455 g/mol. The van der Waals surface area contributed by atoms with E-state index in [-0.39, 0.29) is 23.8 Å². The number of aromatic carboxylic acids is 1. The molecule has 31 heavy (non-hydrogen) atoms. The van der Waals surface area contributed by atoms with Crippen molar-refractivity contribution < 1.29 is 19.5 Å². The first kappa shape index (κ1) is 22.7. The van der Waals surface area contributed by atoms with E-state index >= 15 is 0 Å². The molecule has 2 aromatic rings. The van der Waals surface area contributed by atoms with Crippen molar-refractivity contribution in [2.45, 2.75) is 25.7 Å². The summed E-state index contributed by atoms with van der Waals surface area (Å²) < 4.78 is 0.551. The third-order valence-electron chi connectivity index (χ3n) is 4.69. The number of rotatable bonds is 9. The fourth-order valence-corrected chi connectivity index (χ4v) is 4.43. The van der Waals surface area contributed by atoms with Crippen LogP contribution in [0.25, 0.3) is 6.08 Å². The fourth-order valence-electron chi connectivity index (χ4n) is 3.12. The molecule has 0 spiro atoms. The first-order chi connectivity index (χ1) is 15.0. The Morgan fingerprint density at radius 2 is 1.74 bits per heavy atom. The Bertz CT molecular complexity index is 1020. The Morgan fingerprint density at radius 1 is 1.03 bits per heavy atom. The molecule has 0 saturated carbocycles. The van der Waals surface area contributed by atoms with Crippen molar-refractivity contribution in [1.29, 1.82) is 0 Å². The van der Waals surface area contributed by atoms with Crippen LogP contribution in [0, 0.1) is 0 Å². The maximum absolute atomic E-state index is 12.6. The van der Waals surface area contributed by atoms with Crippen LogP contribution in [0.15, 0.2) is 59.5 Å². The van der Waals surface area contributed by atoms with Crippen LogP contribution in [0.3, 0.4) is 0 Å². The molecule has 0 atom stereocenters. The lowest BCUT2D eigenvalue weighted by Gasteiger charge is -2.14. The molecule has 1 aliphatic rings. The van der Waals surface area contributed by atoms with Crippen LogP contribution in [0.4, 0.5) is 5.69 Å². The summed E-state index contributed by atoms with van der Waals surface area (Å²) in [6, 6.07) is 15.9. The van der Waals surface area contributed by atoms with Crippen molar-refractivity contribution in [2.24, 2.45) is 0 Å². The second-order valence-corrected chi connectivity index (χ2v) is 8.63. The van der Waals surface area contributed by atoms with E-state index < -0.39 is 5.97 Å². The number of carboxylic acid groups (broad SMARTS) is 1. The summed E-state index contributed by atoms with van der Waals surface area (Å²) in [5, 5.41) is 11.8. The quantitative estimate of drug-likeness (QED) is 0.322. The molecule has 2 N–H and O–H groups in total. The second-order valence-electron chi connectivity index (χ2n) is 6.95. The predicted molar refractivity (Wildman–Crippen MR) is 127 cm³/mol. The van der Waals surface area contributed by atoms with Gasteiger partial charge >= 0.3 is 5.97 Å². The lowest BCUT2D eigenvalue weighted by Crippen LogP contribution is -2.29. The van der Waals surface area contributed by atoms with Gasteiger partial charge in [0.1, 0.15) is 4.32 Å². The summed E-state index contributed by atoms with van der Waals surface area (Å²) >= 11 is 6.66. The third kappa shape index (κ3) is 6.26. The van der Waals surface area contributed by atoms with Crippen molar-refractivity contribution >= 4 is 57.8 Å². The van der Waals surface area contributed by atoms with Gasteiger partial charge in [0.05, 0.1) is 16.2 Å². The van der Waals surface area contributed by atoms with Gasteiger partial charge in [-0.25, -0.2) is 4.79 Å². The van der Waals surface area contributed by atoms with E-state index in [0.29, 0.717) is 27.9 Å². The standard InChI is InChI=1S/C23H22N2O4S2/c26-20(24-18-12-7-6-11-17(18)22(28)29)13-5-2-8-14-25-21(27)19(31-23(25)30)15-16-9-3-1-4-10-16/h1,3-4,6-7,9-12,15H,2,5,8,13-14H2,(H,24,26)(H,28,29)/b19-15-. The van der Waals surface area contributed by atoms with Crippen molar-refractivity contribution in [1.82, 2.24) is 4.90 Å². The molecule has 0 unspecified atom stereocenters. The van der Waals surface area contributed by atoms with Crippen molar-refractivity contribution in [3.05, 3.63) is 70.6 Å². The van der Waals surface area contributed by atoms with Crippen molar-refractivity contribution in [3.8, 4) is 0 Å². The summed E-state index contributed by atoms with van der Waals surface area (Å²) in [5.74, 6) is -1.40. The van der Waals surface area contributed by atoms with Crippen molar-refractivity contribution in [2.75, 3.05) is 11.9 Å². The minimum Gasteiger partial charge on any atom is -0.478 e. The Labute approximate surface area is 190 Å². The van der Waals surface area contributed by atoms with Gasteiger partial charge in [0.2, 0.25) is 5.91 Å². The Hall–Kier alpha value is -2.97. The monoisotopic (exact) mass is 454 g/mol. The highest BCUT2D eigenvalue weighted by Crippen LogP contribution is 2.32. The Morgan fingerprint density at radius 3 is 2.48 bits per heavy atom. The lowest BCUT2D eigenvalue weighted by atomic mass is 10.1. The van der Waals surface area contributed by atoms with E-state index in [1.807, 2.05) is 36.4 Å². The van der Waals surface area contributed by atoms with Crippen LogP contribution < -0.4 is 5.32 Å². The maximum atomic E-state index is 12.6. The van der Waals surface area contributed by atoms with Crippen LogP contribution >= 0.6 is 24.0 Å². The third-order valence-corrected chi connectivity index (χ3v) is 6.07. The lowest BCUT2D eigenvalue weighted by molar-refractivity contribution is -0.122. The van der Waals surface area contributed by atoms with Gasteiger partial charge < -0.3 is 10.4 Å². The number of carboxylic acids is 1. The van der Waals surface area contributed by atoms with E-state index in [2.05, 4.69) is 5.32 Å². The molecule has 0 radical (unpaired) electrons. The SMILES string of the molecule is O=C(CCCCCN1C(=O)/C(=C/c2ccccc2)SC1=S)Nc1ccccc1C(=O)O. The molecule has 0 bridgehead atoms. The second kappa shape index (κ2) is 10.9. The zero-order valence-electron chi connectivity index (χ0n) is 16.7. The topological polar surface area (TPSA) is 86.7 Å². The molecule has 6 nitrogen and oxygen atoms in total. The summed E-state index contributed by atoms with van der Waals surface area (Å²) in [6.07, 6.45) is 4.24. The average Bonchev–Trinajstić information content (AvgIpc) is 3.01. The number of carbonyl (C=O) groups is 3. The number of nitrogens with zero attached hydrogens (tertiary/aromatic N) is 1. The molecule has 0 aromatic heterocycles. The van der Waals surface area contributed by atoms with Gasteiger partial charge in [0.25, 0.3) is 5.91 Å². The van der Waals surface area contributed by atoms with Crippen molar-refractivity contribution in [3.63, 3.8) is 0 Å². The summed E-state index contributed by atoms with van der Waals surface area (Å²) in [6.45, 7) is 0.514. The molecule has 0 aliphatic carbocycles. The highest BCUT2D eigenvalue weighted by atomic mass is 32.2. The number of carbonyl (C=O) groups excluding carboxylic acids is 2. The number of nitrogens with one attached hydrogen (secondary N) is 1. The summed E-state index contributed by atoms with van der Waals surface area (Å²) in [5.41, 5.74) is 1.31. The van der Waals surface area contributed by atoms with E-state index in [9.17, 15) is 19.5 Å². The fraction of sp³-hybridized carbons (Fsp3) is 0.217. The van der Waals surface area contributed by atoms with E-state index in [4.69, 9.17) is 12.2 Å². The van der Waals surface area contributed by atoms with Gasteiger partial charge in [0, 0.05) is 13.0 Å². The molecule has 1 saturated heterocycles. The summed E-state index contributed by atoms with van der Waals surface area (Å²) in [4.78, 5) is 38.2. The van der Waals surface area contributed by atoms with Crippen LogP contribution in [0.2, 0.25) is 0 Å². The molecular weight excluding hydrogens is 432 g/mol. The molecule has 1 heterocycles. The first-order valence-corrected chi connectivity index (χ1v) is 11.1. The van der Waals surface area contributed by atoms with Gasteiger partial charge in [-0.3, -0.25) is 14.5 Å². The van der Waals surface area contributed by atoms with Crippen LogP contribution in [0.1, 0.15) is 41.6 Å². The molecule has 1 aliphatic heterocycles. The maximum Gasteiger partial charge on any atom is 0.337 e. The highest BCUT2D eigenvalue weighted by Gasteiger charge is 2.31. The van der Waals surface area contributed by atoms with E-state index in [0.717, 1.165) is 18.4 Å². The zero-order valence-corrected chi connectivity index (χ0v) is 18.4. The molecule has 3 rings (SSSR count). The zero-order chi connectivity index (χ0) is 22.2. The van der Waals surface area contributed by atoms with E-state index in [1.165, 1.54) is 17.8 Å². The van der Waals surface area contributed by atoms with Gasteiger partial charge in [-0.15, -0.1) is 0 Å². The molecule has 8 heteroatoms. The van der Waals surface area contributed by atoms with E-state index in [1.54, 1.807) is 23.1 Å².